The summed E-state index contributed by atoms with van der Waals surface area (Å²) in [5.74, 6) is -1.78. The number of sulfonamides is 1. The fourth-order valence-electron chi connectivity index (χ4n) is 3.83. The van der Waals surface area contributed by atoms with Gasteiger partial charge in [0.2, 0.25) is 11.8 Å². The van der Waals surface area contributed by atoms with E-state index in [1.807, 2.05) is 0 Å². The molecule has 0 saturated carbocycles. The zero-order valence-electron chi connectivity index (χ0n) is 13.0. The first kappa shape index (κ1) is 17.5. The molecule has 7 nitrogen and oxygen atoms in total. The summed E-state index contributed by atoms with van der Waals surface area (Å²) in [6.45, 7) is 1.90. The van der Waals surface area contributed by atoms with Crippen molar-refractivity contribution in [3.63, 3.8) is 0 Å². The van der Waals surface area contributed by atoms with Gasteiger partial charge in [-0.2, -0.15) is 17.5 Å². The number of rotatable bonds is 2. The van der Waals surface area contributed by atoms with Crippen molar-refractivity contribution < 1.29 is 31.2 Å². The molecule has 3 saturated heterocycles. The second-order valence-electron chi connectivity index (χ2n) is 6.95. The van der Waals surface area contributed by atoms with Crippen LogP contribution < -0.4 is 5.32 Å². The zero-order chi connectivity index (χ0) is 17.9. The summed E-state index contributed by atoms with van der Waals surface area (Å²) in [6, 6.07) is 0. The van der Waals surface area contributed by atoms with E-state index in [2.05, 4.69) is 5.32 Å². The van der Waals surface area contributed by atoms with E-state index in [1.54, 1.807) is 6.92 Å². The molecule has 0 aromatic heterocycles. The van der Waals surface area contributed by atoms with E-state index >= 15 is 0 Å². The summed E-state index contributed by atoms with van der Waals surface area (Å²) in [5, 5.41) is 2.58. The molecule has 3 aliphatic rings. The highest BCUT2D eigenvalue weighted by Crippen LogP contribution is 2.45. The van der Waals surface area contributed by atoms with Crippen molar-refractivity contribution >= 4 is 21.8 Å². The first-order chi connectivity index (χ1) is 11.0. The van der Waals surface area contributed by atoms with Gasteiger partial charge in [-0.25, -0.2) is 8.42 Å². The molecule has 0 aromatic rings. The Balaban J connectivity index is 1.71. The van der Waals surface area contributed by atoms with Gasteiger partial charge in [-0.15, -0.1) is 0 Å². The summed E-state index contributed by atoms with van der Waals surface area (Å²) in [6.07, 6.45) is 0.407. The number of carbonyl (C=O) groups is 2. The van der Waals surface area contributed by atoms with E-state index in [4.69, 9.17) is 0 Å². The number of likely N-dealkylation sites (tertiary alicyclic amines) is 1. The van der Waals surface area contributed by atoms with Crippen molar-refractivity contribution in [3.05, 3.63) is 0 Å². The van der Waals surface area contributed by atoms with Crippen LogP contribution in [0.1, 0.15) is 13.3 Å². The van der Waals surface area contributed by atoms with Crippen molar-refractivity contribution in [1.82, 2.24) is 14.5 Å². The number of alkyl halides is 3. The molecule has 1 unspecified atom stereocenters. The molecule has 2 amide bonds. The van der Waals surface area contributed by atoms with Gasteiger partial charge in [0, 0.05) is 38.1 Å². The zero-order valence-corrected chi connectivity index (χ0v) is 13.8. The lowest BCUT2D eigenvalue weighted by molar-refractivity contribution is -0.140. The average Bonchev–Trinajstić information content (AvgIpc) is 3.08. The third kappa shape index (κ3) is 2.57. The molecule has 136 valence electrons. The number of halogens is 3. The standard InChI is InChI=1S/C13H18F3N3O4S/c1-12-6-18(11(21)9-2-3-17-10(9)20)4-8(12)5-19(7-12)24(22,23)13(14,15)16/h8-9H,2-7H2,1H3,(H,17,20)/t8-,9?,12+/m0/s1. The van der Waals surface area contributed by atoms with Gasteiger partial charge in [-0.1, -0.05) is 6.92 Å². The molecule has 0 spiro atoms. The Morgan fingerprint density at radius 1 is 1.29 bits per heavy atom. The predicted octanol–water partition coefficient (Wildman–Crippen LogP) is -0.248. The molecule has 0 aliphatic carbocycles. The number of nitrogens with one attached hydrogen (secondary N) is 1. The smallest absolute Gasteiger partial charge is 0.355 e. The Kier molecular flexibility index (Phi) is 3.87. The molecule has 0 aromatic carbocycles. The maximum atomic E-state index is 12.7. The van der Waals surface area contributed by atoms with E-state index < -0.39 is 26.9 Å². The maximum Gasteiger partial charge on any atom is 0.511 e. The van der Waals surface area contributed by atoms with Crippen LogP contribution in [-0.2, 0) is 19.6 Å². The normalized spacial score (nSPS) is 34.5. The fraction of sp³-hybridized carbons (Fsp3) is 0.846. The van der Waals surface area contributed by atoms with E-state index in [1.165, 1.54) is 4.90 Å². The van der Waals surface area contributed by atoms with Crippen molar-refractivity contribution in [3.8, 4) is 0 Å². The van der Waals surface area contributed by atoms with E-state index in [0.717, 1.165) is 0 Å². The van der Waals surface area contributed by atoms with Crippen molar-refractivity contribution in [2.75, 3.05) is 32.7 Å². The van der Waals surface area contributed by atoms with Crippen molar-refractivity contribution in [2.45, 2.75) is 18.9 Å². The van der Waals surface area contributed by atoms with Crippen LogP contribution in [0, 0.1) is 17.3 Å². The van der Waals surface area contributed by atoms with E-state index in [-0.39, 0.29) is 43.9 Å². The Bertz CT molecular complexity index is 680. The van der Waals surface area contributed by atoms with Crippen LogP contribution in [0.25, 0.3) is 0 Å². The third-order valence-corrected chi connectivity index (χ3v) is 6.77. The Hall–Kier alpha value is -1.36. The minimum Gasteiger partial charge on any atom is -0.355 e. The molecule has 24 heavy (non-hydrogen) atoms. The summed E-state index contributed by atoms with van der Waals surface area (Å²) in [7, 11) is -5.35. The number of nitrogens with zero attached hydrogens (tertiary/aromatic N) is 2. The second-order valence-corrected chi connectivity index (χ2v) is 8.87. The van der Waals surface area contributed by atoms with Crippen molar-refractivity contribution in [2.24, 2.45) is 17.3 Å². The molecule has 3 atom stereocenters. The Morgan fingerprint density at radius 2 is 1.96 bits per heavy atom. The highest BCUT2D eigenvalue weighted by atomic mass is 32.2. The minimum absolute atomic E-state index is 0.157. The maximum absolute atomic E-state index is 12.7. The van der Waals surface area contributed by atoms with Gasteiger partial charge in [0.1, 0.15) is 5.92 Å². The highest BCUT2D eigenvalue weighted by Gasteiger charge is 2.59. The number of amides is 2. The molecule has 11 heteroatoms. The second kappa shape index (κ2) is 5.32. The Labute approximate surface area is 137 Å². The van der Waals surface area contributed by atoms with Gasteiger partial charge in [-0.05, 0) is 12.3 Å². The van der Waals surface area contributed by atoms with Crippen molar-refractivity contribution in [1.29, 1.82) is 0 Å². The van der Waals surface area contributed by atoms with Crippen LogP contribution in [0.2, 0.25) is 0 Å². The number of fused-ring (bicyclic) bond motifs is 1. The molecule has 3 rings (SSSR count). The summed E-state index contributed by atoms with van der Waals surface area (Å²) in [4.78, 5) is 25.5. The fourth-order valence-corrected chi connectivity index (χ4v) is 4.97. The third-order valence-electron chi connectivity index (χ3n) is 5.23. The summed E-state index contributed by atoms with van der Waals surface area (Å²) in [5.41, 5.74) is -6.05. The number of hydrogen-bond donors (Lipinski definition) is 1. The molecular formula is C13H18F3N3O4S. The monoisotopic (exact) mass is 369 g/mol. The van der Waals surface area contributed by atoms with Gasteiger partial charge in [0.15, 0.2) is 0 Å². The quantitative estimate of drug-likeness (QED) is 0.681. The lowest BCUT2D eigenvalue weighted by Gasteiger charge is -2.26. The lowest BCUT2D eigenvalue weighted by atomic mass is 9.83. The number of hydrogen-bond acceptors (Lipinski definition) is 4. The van der Waals surface area contributed by atoms with E-state index in [0.29, 0.717) is 17.3 Å². The first-order valence-electron chi connectivity index (χ1n) is 7.59. The molecule has 0 bridgehead atoms. The van der Waals surface area contributed by atoms with Crippen LogP contribution in [0.15, 0.2) is 0 Å². The van der Waals surface area contributed by atoms with E-state index in [9.17, 15) is 31.2 Å². The van der Waals surface area contributed by atoms with Gasteiger partial charge >= 0.3 is 15.5 Å². The van der Waals surface area contributed by atoms with Crippen LogP contribution >= 0.6 is 0 Å². The summed E-state index contributed by atoms with van der Waals surface area (Å²) < 4.78 is 61.7. The largest absolute Gasteiger partial charge is 0.511 e. The number of carbonyl (C=O) groups excluding carboxylic acids is 2. The van der Waals surface area contributed by atoms with Crippen LogP contribution in [0.4, 0.5) is 13.2 Å². The molecule has 3 heterocycles. The van der Waals surface area contributed by atoms with Crippen LogP contribution in [-0.4, -0.2) is 67.7 Å². The molecule has 3 fully saturated rings. The van der Waals surface area contributed by atoms with Crippen LogP contribution in [0.5, 0.6) is 0 Å². The predicted molar refractivity (Wildman–Crippen MR) is 75.8 cm³/mol. The topological polar surface area (TPSA) is 86.8 Å². The minimum atomic E-state index is -5.35. The highest BCUT2D eigenvalue weighted by molar-refractivity contribution is 7.90. The SMILES string of the molecule is C[C@]12CN(C(=O)C3CCNC3=O)C[C@H]1CN(S(=O)(=O)C(F)(F)F)C2. The first-order valence-corrected chi connectivity index (χ1v) is 9.03. The molecule has 1 N–H and O–H groups in total. The molecule has 3 aliphatic heterocycles. The molecule has 0 radical (unpaired) electrons. The van der Waals surface area contributed by atoms with Gasteiger partial charge in [-0.3, -0.25) is 9.59 Å². The summed E-state index contributed by atoms with van der Waals surface area (Å²) >= 11 is 0. The Morgan fingerprint density at radius 3 is 2.46 bits per heavy atom. The average molecular weight is 369 g/mol. The van der Waals surface area contributed by atoms with Gasteiger partial charge < -0.3 is 10.2 Å². The molecular weight excluding hydrogens is 351 g/mol. The van der Waals surface area contributed by atoms with Gasteiger partial charge in [0.05, 0.1) is 0 Å². The lowest BCUT2D eigenvalue weighted by Crippen LogP contribution is -2.44. The van der Waals surface area contributed by atoms with Gasteiger partial charge in [0.25, 0.3) is 0 Å². The van der Waals surface area contributed by atoms with Crippen LogP contribution in [0.3, 0.4) is 0 Å².